The third kappa shape index (κ3) is 2.42. The van der Waals surface area contributed by atoms with Gasteiger partial charge in [-0.3, -0.25) is 0 Å². The molecule has 0 aliphatic carbocycles. The highest BCUT2D eigenvalue weighted by Gasteiger charge is 2.21. The van der Waals surface area contributed by atoms with Crippen molar-refractivity contribution in [1.82, 2.24) is 0 Å². The highest BCUT2D eigenvalue weighted by Crippen LogP contribution is 2.27. The molecule has 0 saturated heterocycles. The largest absolute Gasteiger partial charge is 0.230 e. The first kappa shape index (κ1) is 12.3. The first-order chi connectivity index (χ1) is 8.11. The van der Waals surface area contributed by atoms with Gasteiger partial charge in [-0.15, -0.1) is 0 Å². The minimum atomic E-state index is 0.552. The summed E-state index contributed by atoms with van der Waals surface area (Å²) in [6.07, 6.45) is 2.15. The van der Waals surface area contributed by atoms with Crippen molar-refractivity contribution >= 4 is 11.3 Å². The Hall–Kier alpha value is -1.15. The number of benzene rings is 1. The third-order valence-corrected chi connectivity index (χ3v) is 3.70. The molecule has 0 aliphatic rings. The highest BCUT2D eigenvalue weighted by molar-refractivity contribution is 7.07. The molecule has 0 N–H and O–H groups in total. The topological polar surface area (TPSA) is 3.88 Å². The molecule has 90 valence electrons. The summed E-state index contributed by atoms with van der Waals surface area (Å²) in [6, 6.07) is 6.67. The number of rotatable bonds is 3. The van der Waals surface area contributed by atoms with Crippen molar-refractivity contribution in [2.24, 2.45) is 0 Å². The van der Waals surface area contributed by atoms with Crippen LogP contribution in [0.2, 0.25) is 0 Å². The molecule has 0 saturated carbocycles. The van der Waals surface area contributed by atoms with E-state index in [2.05, 4.69) is 67.5 Å². The zero-order chi connectivity index (χ0) is 12.4. The molecule has 0 spiro atoms. The lowest BCUT2D eigenvalue weighted by molar-refractivity contribution is -0.591. The van der Waals surface area contributed by atoms with E-state index in [-0.39, 0.29) is 0 Å². The summed E-state index contributed by atoms with van der Waals surface area (Å²) >= 11 is 1.74. The molecular weight excluding hydrogens is 226 g/mol. The van der Waals surface area contributed by atoms with Crippen LogP contribution in [-0.2, 0) is 0 Å². The van der Waals surface area contributed by atoms with Gasteiger partial charge in [0, 0.05) is 11.1 Å². The van der Waals surface area contributed by atoms with Crippen LogP contribution >= 0.6 is 11.3 Å². The molecule has 2 rings (SSSR count). The Morgan fingerprint density at radius 1 is 1.00 bits per heavy atom. The smallest absolute Gasteiger partial charge is 0.156 e. The number of thiazole rings is 1. The summed E-state index contributed by atoms with van der Waals surface area (Å²) in [5, 5.41) is 2.13. The lowest BCUT2D eigenvalue weighted by atomic mass is 9.92. The van der Waals surface area contributed by atoms with Crippen LogP contribution in [0.15, 0.2) is 35.3 Å². The highest BCUT2D eigenvalue weighted by atomic mass is 32.1. The Kier molecular flexibility index (Phi) is 3.63. The number of nitrogens with zero attached hydrogens (tertiary/aromatic N) is 1. The minimum absolute atomic E-state index is 0.552. The lowest BCUT2D eigenvalue weighted by Crippen LogP contribution is -2.30. The van der Waals surface area contributed by atoms with Crippen LogP contribution in [0.5, 0.6) is 0 Å². The summed E-state index contributed by atoms with van der Waals surface area (Å²) in [5.74, 6) is 1.10. The van der Waals surface area contributed by atoms with E-state index >= 15 is 0 Å². The maximum atomic E-state index is 2.26. The molecule has 1 nitrogen and oxygen atoms in total. The van der Waals surface area contributed by atoms with Gasteiger partial charge < -0.3 is 0 Å². The van der Waals surface area contributed by atoms with Crippen LogP contribution in [0.4, 0.5) is 0 Å². The maximum absolute atomic E-state index is 2.26. The van der Waals surface area contributed by atoms with Gasteiger partial charge in [-0.05, 0) is 11.8 Å². The molecule has 0 fully saturated rings. The second-order valence-electron chi connectivity index (χ2n) is 5.03. The van der Waals surface area contributed by atoms with Gasteiger partial charge in [-0.2, -0.15) is 4.57 Å². The molecule has 0 unspecified atom stereocenters. The van der Waals surface area contributed by atoms with Crippen LogP contribution in [0, 0.1) is 0 Å². The van der Waals surface area contributed by atoms with Gasteiger partial charge in [0.2, 0.25) is 11.2 Å². The molecule has 1 aromatic carbocycles. The quantitative estimate of drug-likeness (QED) is 0.712. The van der Waals surface area contributed by atoms with Gasteiger partial charge in [0.1, 0.15) is 0 Å². The molecule has 0 bridgehead atoms. The zero-order valence-electron chi connectivity index (χ0n) is 11.0. The molecule has 0 amide bonds. The Labute approximate surface area is 108 Å². The lowest BCUT2D eigenvalue weighted by Gasteiger charge is -2.13. The molecule has 2 heteroatoms. The average molecular weight is 246 g/mol. The van der Waals surface area contributed by atoms with Gasteiger partial charge in [0.25, 0.3) is 0 Å². The fraction of sp³-hybridized carbons (Fsp3) is 0.400. The fourth-order valence-corrected chi connectivity index (χ4v) is 2.75. The van der Waals surface area contributed by atoms with E-state index in [1.807, 2.05) is 0 Å². The predicted octanol–water partition coefficient (Wildman–Crippen LogP) is 4.27. The fourth-order valence-electron chi connectivity index (χ4n) is 2.17. The molecule has 1 heterocycles. The van der Waals surface area contributed by atoms with Crippen LogP contribution in [0.1, 0.15) is 50.7 Å². The van der Waals surface area contributed by atoms with Crippen molar-refractivity contribution in [3.63, 3.8) is 0 Å². The molecule has 0 radical (unpaired) electrons. The van der Waals surface area contributed by atoms with E-state index in [1.54, 1.807) is 11.3 Å². The van der Waals surface area contributed by atoms with Crippen molar-refractivity contribution in [1.29, 1.82) is 0 Å². The van der Waals surface area contributed by atoms with Crippen molar-refractivity contribution in [3.05, 3.63) is 46.4 Å². The molecule has 1 aromatic heterocycles. The Morgan fingerprint density at radius 3 is 2.00 bits per heavy atom. The molecule has 17 heavy (non-hydrogen) atoms. The van der Waals surface area contributed by atoms with Crippen LogP contribution < -0.4 is 4.57 Å². The van der Waals surface area contributed by atoms with E-state index in [9.17, 15) is 0 Å². The van der Waals surface area contributed by atoms with E-state index in [0.717, 1.165) is 0 Å². The second kappa shape index (κ2) is 5.01. The first-order valence-electron chi connectivity index (χ1n) is 6.18. The molecule has 0 aliphatic heterocycles. The minimum Gasteiger partial charge on any atom is -0.156 e. The van der Waals surface area contributed by atoms with E-state index in [0.29, 0.717) is 11.8 Å². The van der Waals surface area contributed by atoms with Crippen LogP contribution in [0.25, 0.3) is 5.69 Å². The Balaban J connectivity index is 2.67. The SMILES string of the molecule is CC(C)c1cccc(C(C)C)c1-[n+]1ccsc1. The number of hydrogen-bond acceptors (Lipinski definition) is 1. The number of aromatic nitrogens is 1. The van der Waals surface area contributed by atoms with E-state index in [1.165, 1.54) is 16.8 Å². The van der Waals surface area contributed by atoms with Gasteiger partial charge in [-0.1, -0.05) is 57.2 Å². The first-order valence-corrected chi connectivity index (χ1v) is 7.12. The Bertz CT molecular complexity index is 457. The van der Waals surface area contributed by atoms with Crippen LogP contribution in [0.3, 0.4) is 0 Å². The standard InChI is InChI=1S/C15H20NS/c1-11(2)13-6-5-7-14(12(3)4)15(13)16-8-9-17-10-16/h5-12H,1-4H3/q+1. The summed E-state index contributed by atoms with van der Waals surface area (Å²) in [4.78, 5) is 0. The average Bonchev–Trinajstić information content (AvgIpc) is 2.80. The maximum Gasteiger partial charge on any atom is 0.230 e. The number of hydrogen-bond donors (Lipinski definition) is 0. The normalized spacial score (nSPS) is 11.4. The summed E-state index contributed by atoms with van der Waals surface area (Å²) in [5.41, 5.74) is 6.41. The predicted molar refractivity (Wildman–Crippen MR) is 74.0 cm³/mol. The molecule has 2 aromatic rings. The number of para-hydroxylation sites is 1. The zero-order valence-corrected chi connectivity index (χ0v) is 11.8. The van der Waals surface area contributed by atoms with Crippen molar-refractivity contribution < 1.29 is 4.57 Å². The monoisotopic (exact) mass is 246 g/mol. The van der Waals surface area contributed by atoms with Crippen molar-refractivity contribution in [2.75, 3.05) is 0 Å². The Morgan fingerprint density at radius 2 is 1.59 bits per heavy atom. The third-order valence-electron chi connectivity index (χ3n) is 3.08. The summed E-state index contributed by atoms with van der Waals surface area (Å²) in [7, 11) is 0. The van der Waals surface area contributed by atoms with Gasteiger partial charge in [-0.25, -0.2) is 0 Å². The summed E-state index contributed by atoms with van der Waals surface area (Å²) < 4.78 is 2.26. The van der Waals surface area contributed by atoms with Gasteiger partial charge in [0.05, 0.1) is 5.38 Å². The van der Waals surface area contributed by atoms with Crippen molar-refractivity contribution in [3.8, 4) is 5.69 Å². The second-order valence-corrected chi connectivity index (χ2v) is 5.78. The summed E-state index contributed by atoms with van der Waals surface area (Å²) in [6.45, 7) is 9.04. The molecule has 0 atom stereocenters. The van der Waals surface area contributed by atoms with E-state index in [4.69, 9.17) is 0 Å². The van der Waals surface area contributed by atoms with Gasteiger partial charge in [0.15, 0.2) is 6.20 Å². The van der Waals surface area contributed by atoms with Crippen molar-refractivity contribution in [2.45, 2.75) is 39.5 Å². The van der Waals surface area contributed by atoms with Crippen LogP contribution in [-0.4, -0.2) is 0 Å². The molecular formula is C15H20NS+. The van der Waals surface area contributed by atoms with E-state index < -0.39 is 0 Å². The van der Waals surface area contributed by atoms with Gasteiger partial charge >= 0.3 is 0 Å².